The van der Waals surface area contributed by atoms with Gasteiger partial charge in [-0.25, -0.2) is 30.6 Å². The molecule has 6 rings (SSSR count). The van der Waals surface area contributed by atoms with E-state index in [1.165, 1.54) is 25.1 Å². The number of amides is 1. The van der Waals surface area contributed by atoms with Crippen molar-refractivity contribution in [2.75, 3.05) is 15.2 Å². The summed E-state index contributed by atoms with van der Waals surface area (Å²) in [7, 11) is -9.77. The number of benzene rings is 3. The summed E-state index contributed by atoms with van der Waals surface area (Å²) in [6.07, 6.45) is -10.7. The highest BCUT2D eigenvalue weighted by Crippen LogP contribution is 2.40. The number of halogens is 10. The molecule has 14 nitrogen and oxygen atoms in total. The van der Waals surface area contributed by atoms with Crippen molar-refractivity contribution in [3.05, 3.63) is 109 Å². The number of fused-ring (bicyclic) bond motifs is 2. The van der Waals surface area contributed by atoms with Gasteiger partial charge in [-0.1, -0.05) is 27.5 Å². The van der Waals surface area contributed by atoms with Gasteiger partial charge in [-0.05, 0) is 74.9 Å². The van der Waals surface area contributed by atoms with E-state index < -0.39 is 132 Å². The molecule has 62 heavy (non-hydrogen) atoms. The maximum atomic E-state index is 14.8. The normalized spacial score (nSPS) is 13.2. The van der Waals surface area contributed by atoms with Crippen molar-refractivity contribution in [2.24, 2.45) is 0 Å². The van der Waals surface area contributed by atoms with Crippen LogP contribution in [0.3, 0.4) is 0 Å². The summed E-state index contributed by atoms with van der Waals surface area (Å²) in [6, 6.07) is 7.27. The maximum Gasteiger partial charge on any atom is 0.435 e. The molecule has 0 radical (unpaired) electrons. The lowest BCUT2D eigenvalue weighted by Crippen LogP contribution is -2.39. The molecule has 1 N–H and O–H groups in total. The van der Waals surface area contributed by atoms with Crippen LogP contribution in [-0.4, -0.2) is 69.5 Å². The van der Waals surface area contributed by atoms with E-state index >= 15 is 0 Å². The number of nitrogens with one attached hydrogen (secondary N) is 1. The van der Waals surface area contributed by atoms with Gasteiger partial charge in [0.1, 0.15) is 30.5 Å². The van der Waals surface area contributed by atoms with Gasteiger partial charge in [0, 0.05) is 22.7 Å². The van der Waals surface area contributed by atoms with Crippen LogP contribution in [0.1, 0.15) is 42.7 Å². The van der Waals surface area contributed by atoms with Crippen LogP contribution in [0.4, 0.5) is 40.9 Å². The SMILES string of the molecule is CCS(=O)(=O)N(c1nn(CC(F)(F)F)c2c(-n3c([C@H](Cc4cc(F)cc(F)c4)NC(=O)Cn4nc(C(F)(F)F)cc4C)nc4cc(Br)ccc4c3=O)ccc(Cl)c12)S(=O)(=O)CC. The van der Waals surface area contributed by atoms with Crippen molar-refractivity contribution >= 4 is 81.1 Å². The van der Waals surface area contributed by atoms with Gasteiger partial charge >= 0.3 is 12.4 Å². The van der Waals surface area contributed by atoms with Gasteiger partial charge in [0.25, 0.3) is 5.56 Å². The Kier molecular flexibility index (Phi) is 12.6. The zero-order valence-electron chi connectivity index (χ0n) is 32.0. The zero-order valence-corrected chi connectivity index (χ0v) is 36.0. The number of rotatable bonds is 13. The van der Waals surface area contributed by atoms with Gasteiger partial charge in [0.15, 0.2) is 11.5 Å². The molecule has 3 aromatic heterocycles. The minimum absolute atomic E-state index is 0.0954. The third-order valence-electron chi connectivity index (χ3n) is 9.21. The summed E-state index contributed by atoms with van der Waals surface area (Å²) >= 11 is 9.81. The van der Waals surface area contributed by atoms with E-state index in [1.54, 1.807) is 0 Å². The molecule has 1 atom stereocenters. The Morgan fingerprint density at radius 1 is 0.903 bits per heavy atom. The van der Waals surface area contributed by atoms with Crippen molar-refractivity contribution < 1.29 is 56.8 Å². The zero-order chi connectivity index (χ0) is 45.9. The minimum Gasteiger partial charge on any atom is -0.344 e. The molecule has 6 aromatic rings. The first kappa shape index (κ1) is 46.4. The molecule has 332 valence electrons. The predicted octanol–water partition coefficient (Wildman–Crippen LogP) is 7.12. The van der Waals surface area contributed by atoms with E-state index in [2.05, 4.69) is 36.4 Å². The molecule has 3 heterocycles. The van der Waals surface area contributed by atoms with Gasteiger partial charge < -0.3 is 5.32 Å². The van der Waals surface area contributed by atoms with Crippen LogP contribution in [0.5, 0.6) is 0 Å². The molecule has 0 aliphatic heterocycles. The van der Waals surface area contributed by atoms with Crippen LogP contribution < -0.4 is 14.6 Å². The van der Waals surface area contributed by atoms with Crippen LogP contribution in [-0.2, 0) is 50.5 Å². The molecule has 0 saturated carbocycles. The average molecular weight is 1000 g/mol. The van der Waals surface area contributed by atoms with Crippen LogP contribution in [0, 0.1) is 18.6 Å². The number of carbonyl (C=O) groups is 1. The number of hydrogen-bond donors (Lipinski definition) is 1. The Balaban J connectivity index is 1.70. The van der Waals surface area contributed by atoms with E-state index in [-0.39, 0.29) is 30.6 Å². The van der Waals surface area contributed by atoms with Gasteiger partial charge in [0.2, 0.25) is 26.0 Å². The van der Waals surface area contributed by atoms with E-state index in [1.807, 2.05) is 0 Å². The summed E-state index contributed by atoms with van der Waals surface area (Å²) in [5, 5.41) is 8.37. The molecule has 0 saturated heterocycles. The standard InChI is InChI=1S/C36H30BrClF8N8O6S2/c1-4-61(57,58)54(62(59,60)5-2)33-30-24(38)8-9-27(31(30)52(50-33)17-35(41,42)43)53-32(48-25-14-20(37)6-7-23(25)34(53)56)26(13-19-11-21(39)15-22(40)12-19)47-29(55)16-51-18(3)10-28(49-51)36(44,45)46/h6-12,14-15,26H,4-5,13,16-17H2,1-3H3,(H,47,55)/t26-/m0/s1. The number of aryl methyl sites for hydroxylation is 1. The largest absolute Gasteiger partial charge is 0.435 e. The Morgan fingerprint density at radius 2 is 1.53 bits per heavy atom. The molecule has 1 amide bonds. The van der Waals surface area contributed by atoms with E-state index in [4.69, 9.17) is 11.6 Å². The third kappa shape index (κ3) is 9.44. The summed E-state index contributed by atoms with van der Waals surface area (Å²) in [5.41, 5.74) is -4.08. The Hall–Kier alpha value is -5.14. The second kappa shape index (κ2) is 16.9. The lowest BCUT2D eigenvalue weighted by atomic mass is 10.0. The molecular formula is C36H30BrClF8N8O6S2. The van der Waals surface area contributed by atoms with Crippen LogP contribution in [0.2, 0.25) is 5.02 Å². The fourth-order valence-electron chi connectivity index (χ4n) is 6.51. The maximum absolute atomic E-state index is 14.8. The van der Waals surface area contributed by atoms with Crippen molar-refractivity contribution in [1.29, 1.82) is 0 Å². The highest BCUT2D eigenvalue weighted by molar-refractivity contribution is 9.10. The van der Waals surface area contributed by atoms with Crippen molar-refractivity contribution in [3.8, 4) is 5.69 Å². The monoisotopic (exact) mass is 1000 g/mol. The topological polar surface area (TPSA) is 171 Å². The number of carbonyl (C=O) groups excluding carboxylic acids is 1. The number of aromatic nitrogens is 6. The van der Waals surface area contributed by atoms with Crippen molar-refractivity contribution in [1.82, 2.24) is 34.4 Å². The second-order valence-corrected chi connectivity index (χ2v) is 19.4. The van der Waals surface area contributed by atoms with Gasteiger partial charge in [-0.15, -0.1) is 3.71 Å². The summed E-state index contributed by atoms with van der Waals surface area (Å²) in [4.78, 5) is 33.1. The molecule has 0 unspecified atom stereocenters. The number of sulfonamides is 2. The predicted molar refractivity (Wildman–Crippen MR) is 214 cm³/mol. The molecule has 26 heteroatoms. The first-order valence-corrected chi connectivity index (χ1v) is 22.2. The highest BCUT2D eigenvalue weighted by atomic mass is 79.9. The van der Waals surface area contributed by atoms with Gasteiger partial charge in [-0.2, -0.15) is 36.5 Å². The van der Waals surface area contributed by atoms with Crippen molar-refractivity contribution in [2.45, 2.75) is 58.7 Å². The van der Waals surface area contributed by atoms with Gasteiger partial charge in [-0.3, -0.25) is 23.5 Å². The summed E-state index contributed by atoms with van der Waals surface area (Å²) in [6.45, 7) is 0.475. The molecule has 0 fully saturated rings. The highest BCUT2D eigenvalue weighted by Gasteiger charge is 2.40. The fraction of sp³-hybridized carbons (Fsp3) is 0.306. The number of hydrogen-bond acceptors (Lipinski definition) is 9. The molecule has 0 aliphatic rings. The van der Waals surface area contributed by atoms with Crippen molar-refractivity contribution in [3.63, 3.8) is 0 Å². The molecule has 0 aliphatic carbocycles. The average Bonchev–Trinajstić information content (AvgIpc) is 3.70. The smallest absolute Gasteiger partial charge is 0.344 e. The second-order valence-electron chi connectivity index (χ2n) is 13.6. The lowest BCUT2D eigenvalue weighted by molar-refractivity contribution is -0.142. The van der Waals surface area contributed by atoms with Crippen LogP contribution in [0.15, 0.2) is 63.9 Å². The third-order valence-corrected chi connectivity index (χ3v) is 14.2. The first-order chi connectivity index (χ1) is 28.7. The molecular weight excluding hydrogens is 972 g/mol. The van der Waals surface area contributed by atoms with E-state index in [9.17, 15) is 61.5 Å². The summed E-state index contributed by atoms with van der Waals surface area (Å²) in [5.74, 6) is -6.61. The fourth-order valence-corrected chi connectivity index (χ4v) is 10.4. The molecule has 0 spiro atoms. The first-order valence-electron chi connectivity index (χ1n) is 17.8. The van der Waals surface area contributed by atoms with E-state index in [0.29, 0.717) is 25.9 Å². The Labute approximate surface area is 359 Å². The number of alkyl halides is 6. The van der Waals surface area contributed by atoms with E-state index in [0.717, 1.165) is 38.1 Å². The van der Waals surface area contributed by atoms with Crippen LogP contribution in [0.25, 0.3) is 27.5 Å². The van der Waals surface area contributed by atoms with Gasteiger partial charge in [0.05, 0.1) is 50.1 Å². The Morgan fingerprint density at radius 3 is 2.10 bits per heavy atom. The molecule has 3 aromatic carbocycles. The lowest BCUT2D eigenvalue weighted by Gasteiger charge is -2.24. The number of anilines is 1. The summed E-state index contributed by atoms with van der Waals surface area (Å²) < 4.78 is 168. The number of nitrogens with zero attached hydrogens (tertiary/aromatic N) is 7. The molecule has 0 bridgehead atoms. The quantitative estimate of drug-likeness (QED) is 0.118. The Bertz CT molecular complexity index is 2990. The van der Waals surface area contributed by atoms with Crippen LogP contribution >= 0.6 is 27.5 Å². The minimum atomic E-state index is -5.13.